The summed E-state index contributed by atoms with van der Waals surface area (Å²) in [5.41, 5.74) is 2.63. The van der Waals surface area contributed by atoms with Crippen LogP contribution in [0.4, 0.5) is 16.3 Å². The van der Waals surface area contributed by atoms with Crippen LogP contribution in [-0.4, -0.2) is 45.5 Å². The van der Waals surface area contributed by atoms with Gasteiger partial charge in [-0.2, -0.15) is 5.10 Å². The lowest BCUT2D eigenvalue weighted by Gasteiger charge is -2.11. The number of ether oxygens (including phenoxy) is 1. The van der Waals surface area contributed by atoms with E-state index in [1.54, 1.807) is 16.8 Å². The van der Waals surface area contributed by atoms with E-state index in [1.165, 1.54) is 0 Å². The fraction of sp³-hybridized carbons (Fsp3) is 0.333. The van der Waals surface area contributed by atoms with E-state index in [-0.39, 0.29) is 6.03 Å². The highest BCUT2D eigenvalue weighted by Gasteiger charge is 2.08. The summed E-state index contributed by atoms with van der Waals surface area (Å²) >= 11 is 0. The summed E-state index contributed by atoms with van der Waals surface area (Å²) < 4.78 is 7.18. The third-order valence-corrected chi connectivity index (χ3v) is 4.19. The third-order valence-electron chi connectivity index (χ3n) is 4.19. The zero-order chi connectivity index (χ0) is 21.5. The van der Waals surface area contributed by atoms with Crippen molar-refractivity contribution in [3.05, 3.63) is 53.6 Å². The Morgan fingerprint density at radius 2 is 1.83 bits per heavy atom. The zero-order valence-corrected chi connectivity index (χ0v) is 17.7. The van der Waals surface area contributed by atoms with Gasteiger partial charge in [0.25, 0.3) is 0 Å². The largest absolute Gasteiger partial charge is 0.494 e. The van der Waals surface area contributed by atoms with Gasteiger partial charge in [0, 0.05) is 30.5 Å². The molecule has 0 aliphatic rings. The highest BCUT2D eigenvalue weighted by molar-refractivity contribution is 5.89. The Bertz CT molecular complexity index is 999. The van der Waals surface area contributed by atoms with Crippen LogP contribution in [0.15, 0.2) is 36.4 Å². The molecule has 0 radical (unpaired) electrons. The summed E-state index contributed by atoms with van der Waals surface area (Å²) in [5.74, 6) is 2.80. The monoisotopic (exact) mass is 409 g/mol. The number of hydrogen-bond acceptors (Lipinski definition) is 6. The Kier molecular flexibility index (Phi) is 6.84. The highest BCUT2D eigenvalue weighted by atomic mass is 16.5. The Labute approximate surface area is 175 Å². The van der Waals surface area contributed by atoms with E-state index in [9.17, 15) is 4.79 Å². The molecule has 0 unspecified atom stereocenters. The molecule has 0 aliphatic heterocycles. The van der Waals surface area contributed by atoms with Gasteiger partial charge in [-0.1, -0.05) is 0 Å². The molecule has 30 heavy (non-hydrogen) atoms. The Morgan fingerprint density at radius 1 is 1.07 bits per heavy atom. The molecular formula is C21H27N7O2. The van der Waals surface area contributed by atoms with Gasteiger partial charge in [0.05, 0.1) is 12.3 Å². The van der Waals surface area contributed by atoms with E-state index in [4.69, 9.17) is 4.74 Å². The second kappa shape index (κ2) is 9.73. The lowest BCUT2D eigenvalue weighted by Crippen LogP contribution is -2.32. The zero-order valence-electron chi connectivity index (χ0n) is 17.7. The van der Waals surface area contributed by atoms with E-state index in [1.807, 2.05) is 52.0 Å². The average Bonchev–Trinajstić information content (AvgIpc) is 3.05. The molecule has 9 heteroatoms. The minimum Gasteiger partial charge on any atom is -0.494 e. The molecule has 9 nitrogen and oxygen atoms in total. The van der Waals surface area contributed by atoms with Gasteiger partial charge in [-0.3, -0.25) is 0 Å². The topological polar surface area (TPSA) is 106 Å². The van der Waals surface area contributed by atoms with Crippen molar-refractivity contribution >= 4 is 17.5 Å². The highest BCUT2D eigenvalue weighted by Crippen LogP contribution is 2.16. The summed E-state index contributed by atoms with van der Waals surface area (Å²) in [4.78, 5) is 20.9. The fourth-order valence-electron chi connectivity index (χ4n) is 2.95. The smallest absolute Gasteiger partial charge is 0.319 e. The van der Waals surface area contributed by atoms with Crippen LogP contribution in [0.25, 0.3) is 5.82 Å². The number of nitrogens with one attached hydrogen (secondary N) is 3. The maximum atomic E-state index is 12.0. The summed E-state index contributed by atoms with van der Waals surface area (Å²) in [5, 5.41) is 13.3. The van der Waals surface area contributed by atoms with Crippen LogP contribution in [0, 0.1) is 20.8 Å². The Hall–Kier alpha value is -3.62. The van der Waals surface area contributed by atoms with E-state index < -0.39 is 0 Å². The van der Waals surface area contributed by atoms with Gasteiger partial charge in [-0.05, 0) is 58.0 Å². The van der Waals surface area contributed by atoms with Crippen molar-refractivity contribution < 1.29 is 9.53 Å². The number of carbonyl (C=O) groups is 1. The van der Waals surface area contributed by atoms with Crippen molar-refractivity contribution in [1.82, 2.24) is 25.1 Å². The number of hydrogen-bond donors (Lipinski definition) is 3. The number of urea groups is 1. The number of nitrogens with zero attached hydrogens (tertiary/aromatic N) is 4. The van der Waals surface area contributed by atoms with Gasteiger partial charge in [0.1, 0.15) is 17.4 Å². The van der Waals surface area contributed by atoms with Gasteiger partial charge >= 0.3 is 6.03 Å². The maximum Gasteiger partial charge on any atom is 0.319 e. The minimum absolute atomic E-state index is 0.275. The second-order valence-electron chi connectivity index (χ2n) is 6.76. The standard InChI is InChI=1S/C21H27N7O2/c1-5-30-18-8-6-17(7-9-18)26-21(29)23-11-10-22-19-13-20(25-16(4)24-19)28-15(3)12-14(2)27-28/h6-9,12-13H,5,10-11H2,1-4H3,(H,22,24,25)(H2,23,26,29). The number of anilines is 2. The molecule has 0 spiro atoms. The van der Waals surface area contributed by atoms with Crippen LogP contribution in [0.3, 0.4) is 0 Å². The first-order chi connectivity index (χ1) is 14.4. The average molecular weight is 409 g/mol. The van der Waals surface area contributed by atoms with Crippen LogP contribution in [0.1, 0.15) is 24.1 Å². The third kappa shape index (κ3) is 5.69. The van der Waals surface area contributed by atoms with Crippen molar-refractivity contribution in [3.8, 4) is 11.6 Å². The van der Waals surface area contributed by atoms with Crippen molar-refractivity contribution in [1.29, 1.82) is 0 Å². The molecule has 2 heterocycles. The molecule has 2 amide bonds. The Balaban J connectivity index is 1.49. The molecule has 0 saturated heterocycles. The molecule has 0 atom stereocenters. The first kappa shape index (κ1) is 21.1. The molecule has 3 N–H and O–H groups in total. The van der Waals surface area contributed by atoms with E-state index >= 15 is 0 Å². The molecule has 1 aromatic carbocycles. The van der Waals surface area contributed by atoms with Crippen molar-refractivity contribution in [2.24, 2.45) is 0 Å². The first-order valence-electron chi connectivity index (χ1n) is 9.85. The van der Waals surface area contributed by atoms with Gasteiger partial charge in [0.15, 0.2) is 5.82 Å². The summed E-state index contributed by atoms with van der Waals surface area (Å²) in [6, 6.07) is 10.8. The predicted molar refractivity (Wildman–Crippen MR) is 116 cm³/mol. The number of amides is 2. The lowest BCUT2D eigenvalue weighted by molar-refractivity contribution is 0.252. The molecule has 3 rings (SSSR count). The number of benzene rings is 1. The van der Waals surface area contributed by atoms with Crippen molar-refractivity contribution in [3.63, 3.8) is 0 Å². The van der Waals surface area contributed by atoms with Crippen LogP contribution >= 0.6 is 0 Å². The molecular weight excluding hydrogens is 382 g/mol. The number of aromatic nitrogens is 4. The van der Waals surface area contributed by atoms with Crippen molar-refractivity contribution in [2.75, 3.05) is 30.3 Å². The summed E-state index contributed by atoms with van der Waals surface area (Å²) in [6.45, 7) is 9.25. The second-order valence-corrected chi connectivity index (χ2v) is 6.76. The van der Waals surface area contributed by atoms with Crippen molar-refractivity contribution in [2.45, 2.75) is 27.7 Å². The Morgan fingerprint density at radius 3 is 2.50 bits per heavy atom. The minimum atomic E-state index is -0.275. The number of aryl methyl sites for hydroxylation is 3. The van der Waals surface area contributed by atoms with E-state index in [0.717, 1.165) is 17.1 Å². The maximum absolute atomic E-state index is 12.0. The molecule has 0 aliphatic carbocycles. The quantitative estimate of drug-likeness (QED) is 0.493. The van der Waals surface area contributed by atoms with Gasteiger partial charge < -0.3 is 20.7 Å². The lowest BCUT2D eigenvalue weighted by atomic mass is 10.3. The molecule has 3 aromatic rings. The normalized spacial score (nSPS) is 10.5. The van der Waals surface area contributed by atoms with Crippen LogP contribution in [0.2, 0.25) is 0 Å². The summed E-state index contributed by atoms with van der Waals surface area (Å²) in [6.07, 6.45) is 0. The van der Waals surface area contributed by atoms with Gasteiger partial charge in [0.2, 0.25) is 0 Å². The molecule has 0 fully saturated rings. The molecule has 0 saturated carbocycles. The number of rotatable bonds is 8. The SMILES string of the molecule is CCOc1ccc(NC(=O)NCCNc2cc(-n3nc(C)cc3C)nc(C)n2)cc1. The fourth-order valence-corrected chi connectivity index (χ4v) is 2.95. The first-order valence-corrected chi connectivity index (χ1v) is 9.85. The molecule has 2 aromatic heterocycles. The molecule has 158 valence electrons. The van der Waals surface area contributed by atoms with Gasteiger partial charge in [-0.15, -0.1) is 0 Å². The van der Waals surface area contributed by atoms with Crippen LogP contribution in [-0.2, 0) is 0 Å². The predicted octanol–water partition coefficient (Wildman–Crippen LogP) is 3.22. The van der Waals surface area contributed by atoms with E-state index in [2.05, 4.69) is 31.0 Å². The van der Waals surface area contributed by atoms with Crippen LogP contribution in [0.5, 0.6) is 5.75 Å². The van der Waals surface area contributed by atoms with Crippen LogP contribution < -0.4 is 20.7 Å². The van der Waals surface area contributed by atoms with Gasteiger partial charge in [-0.25, -0.2) is 19.4 Å². The van der Waals surface area contributed by atoms with E-state index in [0.29, 0.717) is 42.8 Å². The number of carbonyl (C=O) groups excluding carboxylic acids is 1. The molecule has 0 bridgehead atoms. The summed E-state index contributed by atoms with van der Waals surface area (Å²) in [7, 11) is 0.